The van der Waals surface area contributed by atoms with Crippen molar-refractivity contribution in [2.75, 3.05) is 0 Å². The highest BCUT2D eigenvalue weighted by molar-refractivity contribution is 6.35. The Bertz CT molecular complexity index is 629. The van der Waals surface area contributed by atoms with E-state index in [-0.39, 0.29) is 5.69 Å². The largest absolute Gasteiger partial charge is 0.277 e. The number of nitro groups is 1. The minimum atomic E-state index is -0.483. The molecule has 0 atom stereocenters. The molecule has 0 N–H and O–H groups in total. The highest BCUT2D eigenvalue weighted by Gasteiger charge is 2.18. The molecule has 0 bridgehead atoms. The van der Waals surface area contributed by atoms with Crippen molar-refractivity contribution < 1.29 is 4.92 Å². The van der Waals surface area contributed by atoms with Crippen molar-refractivity contribution in [2.24, 2.45) is 0 Å². The maximum Gasteiger partial charge on any atom is 0.277 e. The molecule has 0 saturated carbocycles. The molecule has 18 heavy (non-hydrogen) atoms. The highest BCUT2D eigenvalue weighted by Crippen LogP contribution is 2.37. The summed E-state index contributed by atoms with van der Waals surface area (Å²) < 4.78 is 0. The molecule has 0 radical (unpaired) electrons. The summed E-state index contributed by atoms with van der Waals surface area (Å²) in [5.74, 6) is 0. The summed E-state index contributed by atoms with van der Waals surface area (Å²) in [6.45, 7) is 0. The van der Waals surface area contributed by atoms with Crippen LogP contribution in [0, 0.1) is 10.1 Å². The zero-order valence-corrected chi connectivity index (χ0v) is 11.1. The second-order valence-corrected chi connectivity index (χ2v) is 4.82. The van der Waals surface area contributed by atoms with Gasteiger partial charge in [0.2, 0.25) is 0 Å². The topological polar surface area (TPSA) is 43.1 Å². The number of nitro benzene ring substituents is 1. The number of benzene rings is 2. The lowest BCUT2D eigenvalue weighted by molar-refractivity contribution is -0.384. The molecule has 0 aliphatic rings. The van der Waals surface area contributed by atoms with Crippen LogP contribution in [0.3, 0.4) is 0 Å². The van der Waals surface area contributed by atoms with Crippen LogP contribution in [0.2, 0.25) is 15.1 Å². The maximum absolute atomic E-state index is 11.0. The van der Waals surface area contributed by atoms with Crippen LogP contribution < -0.4 is 0 Å². The first-order valence-electron chi connectivity index (χ1n) is 4.88. The summed E-state index contributed by atoms with van der Waals surface area (Å²) in [5.41, 5.74) is 0.766. The molecule has 0 aromatic heterocycles. The van der Waals surface area contributed by atoms with Crippen molar-refractivity contribution in [3.8, 4) is 11.1 Å². The molecule has 2 aromatic rings. The third kappa shape index (κ3) is 2.58. The summed E-state index contributed by atoms with van der Waals surface area (Å²) in [4.78, 5) is 10.5. The number of hydrogen-bond donors (Lipinski definition) is 0. The molecule has 0 aliphatic carbocycles. The van der Waals surface area contributed by atoms with Crippen molar-refractivity contribution in [3.63, 3.8) is 0 Å². The van der Waals surface area contributed by atoms with Crippen LogP contribution in [0.1, 0.15) is 0 Å². The molecule has 0 spiro atoms. The first kappa shape index (κ1) is 13.1. The Kier molecular flexibility index (Phi) is 3.76. The molecule has 92 valence electrons. The SMILES string of the molecule is O=[N+]([O-])c1ccc(Cl)cc1-c1cc(Cl)ccc1Cl. The lowest BCUT2D eigenvalue weighted by Crippen LogP contribution is -1.92. The predicted octanol–water partition coefficient (Wildman–Crippen LogP) is 5.22. The summed E-state index contributed by atoms with van der Waals surface area (Å²) in [7, 11) is 0. The minimum Gasteiger partial charge on any atom is -0.258 e. The van der Waals surface area contributed by atoms with Gasteiger partial charge in [-0.2, -0.15) is 0 Å². The van der Waals surface area contributed by atoms with Crippen LogP contribution in [-0.4, -0.2) is 4.92 Å². The molecule has 0 saturated heterocycles. The monoisotopic (exact) mass is 301 g/mol. The van der Waals surface area contributed by atoms with Gasteiger partial charge in [-0.25, -0.2) is 0 Å². The summed E-state index contributed by atoms with van der Waals surface area (Å²) in [5, 5.41) is 12.2. The van der Waals surface area contributed by atoms with Crippen molar-refractivity contribution in [1.82, 2.24) is 0 Å². The van der Waals surface area contributed by atoms with E-state index in [9.17, 15) is 10.1 Å². The van der Waals surface area contributed by atoms with E-state index in [1.807, 2.05) is 0 Å². The lowest BCUT2D eigenvalue weighted by Gasteiger charge is -2.06. The minimum absolute atomic E-state index is 0.0661. The van der Waals surface area contributed by atoms with Crippen molar-refractivity contribution in [1.29, 1.82) is 0 Å². The zero-order chi connectivity index (χ0) is 13.3. The van der Waals surface area contributed by atoms with Gasteiger partial charge in [-0.15, -0.1) is 0 Å². The molecule has 0 fully saturated rings. The molecular weight excluding hydrogens is 296 g/mol. The molecule has 0 heterocycles. The van der Waals surface area contributed by atoms with Gasteiger partial charge in [-0.05, 0) is 30.3 Å². The van der Waals surface area contributed by atoms with Crippen molar-refractivity contribution in [3.05, 3.63) is 61.6 Å². The van der Waals surface area contributed by atoms with Crippen molar-refractivity contribution >= 4 is 40.5 Å². The second kappa shape index (κ2) is 5.14. The Morgan fingerprint density at radius 2 is 1.44 bits per heavy atom. The van der Waals surface area contributed by atoms with Gasteiger partial charge >= 0.3 is 0 Å². The molecule has 3 nitrogen and oxygen atoms in total. The summed E-state index contributed by atoms with van der Waals surface area (Å²) >= 11 is 17.8. The number of rotatable bonds is 2. The summed E-state index contributed by atoms with van der Waals surface area (Å²) in [6, 6.07) is 9.07. The van der Waals surface area contributed by atoms with Crippen LogP contribution in [0.5, 0.6) is 0 Å². The lowest BCUT2D eigenvalue weighted by atomic mass is 10.0. The van der Waals surface area contributed by atoms with Gasteiger partial charge in [0.25, 0.3) is 5.69 Å². The first-order chi connectivity index (χ1) is 8.49. The quantitative estimate of drug-likeness (QED) is 0.563. The molecule has 2 aromatic carbocycles. The fourth-order valence-electron chi connectivity index (χ4n) is 1.59. The van der Waals surface area contributed by atoms with E-state index in [1.54, 1.807) is 18.2 Å². The Morgan fingerprint density at radius 3 is 2.06 bits per heavy atom. The number of nitrogens with zero attached hydrogens (tertiary/aromatic N) is 1. The fraction of sp³-hybridized carbons (Fsp3) is 0. The van der Waals surface area contributed by atoms with Gasteiger partial charge in [-0.3, -0.25) is 10.1 Å². The predicted molar refractivity (Wildman–Crippen MR) is 73.6 cm³/mol. The van der Waals surface area contributed by atoms with Gasteiger partial charge in [0, 0.05) is 26.7 Å². The van der Waals surface area contributed by atoms with E-state index in [0.29, 0.717) is 26.2 Å². The number of hydrogen-bond acceptors (Lipinski definition) is 2. The molecule has 2 rings (SSSR count). The average Bonchev–Trinajstić information content (AvgIpc) is 2.31. The van der Waals surface area contributed by atoms with Gasteiger partial charge in [-0.1, -0.05) is 34.8 Å². The fourth-order valence-corrected chi connectivity index (χ4v) is 2.15. The maximum atomic E-state index is 11.0. The van der Waals surface area contributed by atoms with E-state index in [2.05, 4.69) is 0 Å². The third-order valence-electron chi connectivity index (χ3n) is 2.37. The third-order valence-corrected chi connectivity index (χ3v) is 3.17. The number of halogens is 3. The molecule has 6 heteroatoms. The van der Waals surface area contributed by atoms with Crippen LogP contribution in [-0.2, 0) is 0 Å². The average molecular weight is 303 g/mol. The van der Waals surface area contributed by atoms with Crippen LogP contribution >= 0.6 is 34.8 Å². The van der Waals surface area contributed by atoms with Gasteiger partial charge in [0.15, 0.2) is 0 Å². The van der Waals surface area contributed by atoms with E-state index in [0.717, 1.165) is 0 Å². The Hall–Kier alpha value is -1.29. The standard InChI is InChI=1S/C12H6Cl3NO2/c13-7-1-3-11(15)9(5-7)10-6-8(14)2-4-12(10)16(17)18/h1-6H. The molecule has 0 unspecified atom stereocenters. The molecule has 0 aliphatic heterocycles. The van der Waals surface area contributed by atoms with Crippen LogP contribution in [0.25, 0.3) is 11.1 Å². The van der Waals surface area contributed by atoms with Crippen LogP contribution in [0.15, 0.2) is 36.4 Å². The molecular formula is C12H6Cl3NO2. The van der Waals surface area contributed by atoms with E-state index >= 15 is 0 Å². The Morgan fingerprint density at radius 1 is 0.889 bits per heavy atom. The zero-order valence-electron chi connectivity index (χ0n) is 8.86. The van der Waals surface area contributed by atoms with E-state index in [1.165, 1.54) is 18.2 Å². The van der Waals surface area contributed by atoms with Gasteiger partial charge in [0.05, 0.1) is 10.5 Å². The second-order valence-electron chi connectivity index (χ2n) is 3.54. The van der Waals surface area contributed by atoms with Gasteiger partial charge in [0.1, 0.15) is 0 Å². The Labute approximate surface area is 118 Å². The van der Waals surface area contributed by atoms with Gasteiger partial charge < -0.3 is 0 Å². The Balaban J connectivity index is 2.73. The summed E-state index contributed by atoms with van der Waals surface area (Å²) in [6.07, 6.45) is 0. The smallest absolute Gasteiger partial charge is 0.258 e. The van der Waals surface area contributed by atoms with E-state index < -0.39 is 4.92 Å². The van der Waals surface area contributed by atoms with Crippen LogP contribution in [0.4, 0.5) is 5.69 Å². The van der Waals surface area contributed by atoms with E-state index in [4.69, 9.17) is 34.8 Å². The normalized spacial score (nSPS) is 10.4. The highest BCUT2D eigenvalue weighted by atomic mass is 35.5. The van der Waals surface area contributed by atoms with Crippen molar-refractivity contribution in [2.45, 2.75) is 0 Å². The molecule has 0 amide bonds. The first-order valence-corrected chi connectivity index (χ1v) is 6.02.